The second kappa shape index (κ2) is 6.38. The van der Waals surface area contributed by atoms with Gasteiger partial charge in [-0.25, -0.2) is 22.6 Å². The summed E-state index contributed by atoms with van der Waals surface area (Å²) in [5, 5.41) is 8.35. The molecule has 1 aliphatic rings. The van der Waals surface area contributed by atoms with Gasteiger partial charge in [0.05, 0.1) is 0 Å². The van der Waals surface area contributed by atoms with Crippen molar-refractivity contribution in [3.63, 3.8) is 0 Å². The fourth-order valence-corrected chi connectivity index (χ4v) is 3.52. The van der Waals surface area contributed by atoms with Crippen molar-refractivity contribution in [1.29, 1.82) is 0 Å². The predicted octanol–water partition coefficient (Wildman–Crippen LogP) is 1.17. The number of anilines is 1. The van der Waals surface area contributed by atoms with Gasteiger partial charge in [-0.05, 0) is 30.2 Å². The number of rotatable bonds is 2. The topological polar surface area (TPSA) is 81.4 Å². The Balaban J connectivity index is 1.59. The van der Waals surface area contributed by atoms with Crippen molar-refractivity contribution < 1.29 is 13.2 Å². The first-order chi connectivity index (χ1) is 12.8. The average Bonchev–Trinajstić information content (AvgIpc) is 2.92. The minimum atomic E-state index is -1.22. The van der Waals surface area contributed by atoms with E-state index in [-0.39, 0.29) is 11.3 Å². The average molecular weight is 378 g/mol. The van der Waals surface area contributed by atoms with Gasteiger partial charge in [0.15, 0.2) is 17.3 Å². The summed E-state index contributed by atoms with van der Waals surface area (Å²) in [6, 6.07) is 4.32. The number of halogens is 3. The quantitative estimate of drug-likeness (QED) is 0.677. The SMILES string of the molecule is Cn1nc2ccc(N3CC[C@H](c4cc(F)c(F)cc4F)[C@@H](N)C3)nn2c1=O. The molecule has 2 N–H and O–H groups in total. The van der Waals surface area contributed by atoms with E-state index in [1.54, 1.807) is 12.1 Å². The second-order valence-electron chi connectivity index (χ2n) is 6.66. The predicted molar refractivity (Wildman–Crippen MR) is 92.1 cm³/mol. The molecule has 2 aromatic heterocycles. The summed E-state index contributed by atoms with van der Waals surface area (Å²) in [7, 11) is 1.54. The van der Waals surface area contributed by atoms with E-state index in [0.717, 1.165) is 6.07 Å². The molecule has 3 heterocycles. The molecular formula is C17H17F3N6O. The summed E-state index contributed by atoms with van der Waals surface area (Å²) >= 11 is 0. The van der Waals surface area contributed by atoms with Crippen molar-refractivity contribution in [1.82, 2.24) is 19.4 Å². The Hall–Kier alpha value is -2.88. The summed E-state index contributed by atoms with van der Waals surface area (Å²) in [5.74, 6) is -3.02. The number of hydrogen-bond donors (Lipinski definition) is 1. The highest BCUT2D eigenvalue weighted by Gasteiger charge is 2.31. The van der Waals surface area contributed by atoms with Crippen LogP contribution >= 0.6 is 0 Å². The second-order valence-corrected chi connectivity index (χ2v) is 6.66. The monoisotopic (exact) mass is 378 g/mol. The lowest BCUT2D eigenvalue weighted by molar-refractivity contribution is 0.415. The van der Waals surface area contributed by atoms with Crippen LogP contribution in [0.4, 0.5) is 19.0 Å². The lowest BCUT2D eigenvalue weighted by Crippen LogP contribution is -2.48. The van der Waals surface area contributed by atoms with E-state index >= 15 is 0 Å². The van der Waals surface area contributed by atoms with Crippen LogP contribution in [0.1, 0.15) is 17.9 Å². The molecule has 0 radical (unpaired) electrons. The van der Waals surface area contributed by atoms with Crippen molar-refractivity contribution in [3.05, 3.63) is 57.8 Å². The number of fused-ring (bicyclic) bond motifs is 1. The van der Waals surface area contributed by atoms with Crippen LogP contribution < -0.4 is 16.3 Å². The van der Waals surface area contributed by atoms with Crippen LogP contribution in [0.3, 0.4) is 0 Å². The Bertz CT molecular complexity index is 1080. The summed E-state index contributed by atoms with van der Waals surface area (Å²) in [6.07, 6.45) is 0.435. The lowest BCUT2D eigenvalue weighted by atomic mass is 9.85. The van der Waals surface area contributed by atoms with Crippen LogP contribution in [0.25, 0.3) is 5.65 Å². The number of aromatic nitrogens is 4. The molecule has 1 saturated heterocycles. The third kappa shape index (κ3) is 2.95. The van der Waals surface area contributed by atoms with Gasteiger partial charge < -0.3 is 10.6 Å². The third-order valence-corrected chi connectivity index (χ3v) is 4.93. The Labute approximate surface area is 151 Å². The van der Waals surface area contributed by atoms with Gasteiger partial charge in [-0.1, -0.05) is 0 Å². The van der Waals surface area contributed by atoms with Crippen LogP contribution in [0.15, 0.2) is 29.1 Å². The maximum atomic E-state index is 14.1. The highest BCUT2D eigenvalue weighted by atomic mass is 19.2. The third-order valence-electron chi connectivity index (χ3n) is 4.93. The number of benzene rings is 1. The highest BCUT2D eigenvalue weighted by molar-refractivity contribution is 5.46. The summed E-state index contributed by atoms with van der Waals surface area (Å²) < 4.78 is 43.2. The molecule has 0 bridgehead atoms. The van der Waals surface area contributed by atoms with Gasteiger partial charge in [-0.2, -0.15) is 4.52 Å². The number of piperidine rings is 1. The molecule has 1 aromatic carbocycles. The smallest absolute Gasteiger partial charge is 0.354 e. The molecule has 0 unspecified atom stereocenters. The molecule has 1 fully saturated rings. The van der Waals surface area contributed by atoms with Crippen molar-refractivity contribution in [2.75, 3.05) is 18.0 Å². The molecule has 4 rings (SSSR count). The molecule has 10 heteroatoms. The zero-order chi connectivity index (χ0) is 19.3. The number of hydrogen-bond acceptors (Lipinski definition) is 5. The Morgan fingerprint density at radius 1 is 1.11 bits per heavy atom. The summed E-state index contributed by atoms with van der Waals surface area (Å²) in [5.41, 5.74) is 6.34. The van der Waals surface area contributed by atoms with Gasteiger partial charge in [0, 0.05) is 38.2 Å². The zero-order valence-corrected chi connectivity index (χ0v) is 14.4. The molecule has 0 aliphatic carbocycles. The van der Waals surface area contributed by atoms with E-state index in [9.17, 15) is 18.0 Å². The minimum Gasteiger partial charge on any atom is -0.354 e. The molecule has 0 amide bonds. The van der Waals surface area contributed by atoms with E-state index in [1.807, 2.05) is 4.90 Å². The summed E-state index contributed by atoms with van der Waals surface area (Å²) in [6.45, 7) is 0.806. The summed E-state index contributed by atoms with van der Waals surface area (Å²) in [4.78, 5) is 13.9. The van der Waals surface area contributed by atoms with Crippen LogP contribution in [-0.4, -0.2) is 38.5 Å². The normalized spacial score (nSPS) is 20.4. The lowest BCUT2D eigenvalue weighted by Gasteiger charge is -2.37. The largest absolute Gasteiger partial charge is 0.366 e. The van der Waals surface area contributed by atoms with E-state index in [1.165, 1.54) is 16.2 Å². The molecule has 27 heavy (non-hydrogen) atoms. The molecule has 0 saturated carbocycles. The van der Waals surface area contributed by atoms with Gasteiger partial charge in [0.25, 0.3) is 0 Å². The van der Waals surface area contributed by atoms with Crippen LogP contribution in [0.2, 0.25) is 0 Å². The van der Waals surface area contributed by atoms with Gasteiger partial charge >= 0.3 is 5.69 Å². The van der Waals surface area contributed by atoms with Crippen LogP contribution in [0, 0.1) is 17.5 Å². The molecular weight excluding hydrogens is 361 g/mol. The van der Waals surface area contributed by atoms with Gasteiger partial charge in [-0.3, -0.25) is 0 Å². The first-order valence-corrected chi connectivity index (χ1v) is 8.43. The van der Waals surface area contributed by atoms with E-state index < -0.39 is 29.4 Å². The van der Waals surface area contributed by atoms with Crippen molar-refractivity contribution in [3.8, 4) is 0 Å². The van der Waals surface area contributed by atoms with E-state index in [4.69, 9.17) is 5.73 Å². The Morgan fingerprint density at radius 2 is 1.85 bits per heavy atom. The maximum absolute atomic E-state index is 14.1. The fourth-order valence-electron chi connectivity index (χ4n) is 3.52. The zero-order valence-electron chi connectivity index (χ0n) is 14.4. The Kier molecular flexibility index (Phi) is 4.14. The molecule has 142 valence electrons. The molecule has 7 nitrogen and oxygen atoms in total. The maximum Gasteiger partial charge on any atom is 0.366 e. The van der Waals surface area contributed by atoms with Crippen molar-refractivity contribution >= 4 is 11.5 Å². The first-order valence-electron chi connectivity index (χ1n) is 8.43. The number of aryl methyl sites for hydroxylation is 1. The minimum absolute atomic E-state index is 0.0768. The molecule has 1 aliphatic heterocycles. The Morgan fingerprint density at radius 3 is 2.59 bits per heavy atom. The molecule has 0 spiro atoms. The van der Waals surface area contributed by atoms with Gasteiger partial charge in [-0.15, -0.1) is 10.2 Å². The van der Waals surface area contributed by atoms with Gasteiger partial charge in [0.1, 0.15) is 11.6 Å². The van der Waals surface area contributed by atoms with Gasteiger partial charge in [0.2, 0.25) is 0 Å². The van der Waals surface area contributed by atoms with Crippen molar-refractivity contribution in [2.24, 2.45) is 12.8 Å². The van der Waals surface area contributed by atoms with Crippen LogP contribution in [-0.2, 0) is 7.05 Å². The van der Waals surface area contributed by atoms with E-state index in [0.29, 0.717) is 37.0 Å². The van der Waals surface area contributed by atoms with E-state index in [2.05, 4.69) is 10.2 Å². The van der Waals surface area contributed by atoms with Crippen molar-refractivity contribution in [2.45, 2.75) is 18.4 Å². The fraction of sp³-hybridized carbons (Fsp3) is 0.353. The number of nitrogens with two attached hydrogens (primary N) is 1. The molecule has 3 aromatic rings. The molecule has 2 atom stereocenters. The highest BCUT2D eigenvalue weighted by Crippen LogP contribution is 2.31. The number of nitrogens with zero attached hydrogens (tertiary/aromatic N) is 5. The standard InChI is InChI=1S/C17H17F3N6O/c1-24-17(27)26-16(22-24)3-2-15(23-26)25-5-4-9(14(21)8-25)10-6-12(19)13(20)7-11(10)18/h2-3,6-7,9,14H,4-5,8,21H2,1H3/t9-,14+/m1/s1. The van der Waals surface area contributed by atoms with Crippen LogP contribution in [0.5, 0.6) is 0 Å². The first kappa shape index (κ1) is 17.5.